The van der Waals surface area contributed by atoms with Gasteiger partial charge in [0.1, 0.15) is 5.03 Å². The van der Waals surface area contributed by atoms with Crippen LogP contribution < -0.4 is 0 Å². The zero-order chi connectivity index (χ0) is 10.3. The molecule has 6 heteroatoms. The van der Waals surface area contributed by atoms with Crippen molar-refractivity contribution in [2.24, 2.45) is 0 Å². The summed E-state index contributed by atoms with van der Waals surface area (Å²) in [5.41, 5.74) is 0. The van der Waals surface area contributed by atoms with Gasteiger partial charge in [-0.15, -0.1) is 16.9 Å². The van der Waals surface area contributed by atoms with E-state index in [9.17, 15) is 0 Å². The second-order valence-corrected chi connectivity index (χ2v) is 4.48. The summed E-state index contributed by atoms with van der Waals surface area (Å²) < 4.78 is 11.0. The molecule has 1 atom stereocenters. The Kier molecular flexibility index (Phi) is 4.43. The Bertz CT molecular complexity index is 262. The molecule has 0 radical (unpaired) electrons. The number of aromatic nitrogens is 3. The molecular weight excluding hydrogens is 214 g/mol. The Labute approximate surface area is 92.9 Å². The molecule has 0 saturated carbocycles. The van der Waals surface area contributed by atoms with E-state index in [1.165, 1.54) is 6.42 Å². The van der Waals surface area contributed by atoms with Crippen LogP contribution >= 0.6 is 11.8 Å². The van der Waals surface area contributed by atoms with Gasteiger partial charge in [-0.25, -0.2) is 0 Å². The van der Waals surface area contributed by atoms with E-state index >= 15 is 0 Å². The van der Waals surface area contributed by atoms with E-state index in [-0.39, 0.29) is 0 Å². The van der Waals surface area contributed by atoms with Crippen LogP contribution in [0, 0.1) is 0 Å². The van der Waals surface area contributed by atoms with Crippen LogP contribution in [0.25, 0.3) is 0 Å². The molecule has 0 aromatic carbocycles. The molecule has 0 spiro atoms. The minimum absolute atomic E-state index is 0.321. The van der Waals surface area contributed by atoms with Crippen LogP contribution in [0.1, 0.15) is 12.8 Å². The van der Waals surface area contributed by atoms with Gasteiger partial charge in [0, 0.05) is 12.4 Å². The average Bonchev–Trinajstić information content (AvgIpc) is 2.88. The summed E-state index contributed by atoms with van der Waals surface area (Å²) in [6.07, 6.45) is 4.34. The SMILES string of the molecule is c1n[nH]nc1SCCOC[C@H]1CCCO1. The highest BCUT2D eigenvalue weighted by atomic mass is 32.2. The number of nitrogens with one attached hydrogen (secondary N) is 1. The molecular formula is C9H15N3O2S. The van der Waals surface area contributed by atoms with Crippen LogP contribution in [0.5, 0.6) is 0 Å². The van der Waals surface area contributed by atoms with Crippen LogP contribution in [-0.4, -0.2) is 47.1 Å². The van der Waals surface area contributed by atoms with Crippen molar-refractivity contribution < 1.29 is 9.47 Å². The van der Waals surface area contributed by atoms with E-state index in [1.807, 2.05) is 0 Å². The standard InChI is InChI=1S/C9H15N3O2S/c1-2-8(14-3-1)7-13-4-5-15-9-6-10-12-11-9/h6,8H,1-5,7H2,(H,10,11,12)/t8-/m1/s1. The lowest BCUT2D eigenvalue weighted by Gasteiger charge is -2.09. The van der Waals surface area contributed by atoms with Crippen molar-refractivity contribution in [3.05, 3.63) is 6.20 Å². The third kappa shape index (κ3) is 3.81. The summed E-state index contributed by atoms with van der Waals surface area (Å²) in [5.74, 6) is 0.902. The van der Waals surface area contributed by atoms with Crippen molar-refractivity contribution in [3.8, 4) is 0 Å². The molecule has 0 bridgehead atoms. The van der Waals surface area contributed by atoms with E-state index in [0.29, 0.717) is 6.10 Å². The van der Waals surface area contributed by atoms with Gasteiger partial charge < -0.3 is 9.47 Å². The van der Waals surface area contributed by atoms with Crippen molar-refractivity contribution in [1.82, 2.24) is 15.4 Å². The number of aromatic amines is 1. The first-order valence-electron chi connectivity index (χ1n) is 5.13. The predicted molar refractivity (Wildman–Crippen MR) is 56.9 cm³/mol. The van der Waals surface area contributed by atoms with Gasteiger partial charge in [0.05, 0.1) is 25.5 Å². The van der Waals surface area contributed by atoms with Crippen molar-refractivity contribution in [2.75, 3.05) is 25.6 Å². The molecule has 15 heavy (non-hydrogen) atoms. The first-order valence-corrected chi connectivity index (χ1v) is 6.11. The highest BCUT2D eigenvalue weighted by molar-refractivity contribution is 7.99. The van der Waals surface area contributed by atoms with E-state index in [0.717, 1.165) is 37.0 Å². The topological polar surface area (TPSA) is 60.0 Å². The fourth-order valence-electron chi connectivity index (χ4n) is 1.46. The maximum absolute atomic E-state index is 5.51. The molecule has 1 saturated heterocycles. The lowest BCUT2D eigenvalue weighted by atomic mass is 10.2. The van der Waals surface area contributed by atoms with Gasteiger partial charge in [0.15, 0.2) is 0 Å². The van der Waals surface area contributed by atoms with Gasteiger partial charge in [-0.2, -0.15) is 10.3 Å². The molecule has 1 aliphatic heterocycles. The first-order chi connectivity index (χ1) is 7.45. The molecule has 1 fully saturated rings. The van der Waals surface area contributed by atoms with Gasteiger partial charge in [0.25, 0.3) is 0 Å². The van der Waals surface area contributed by atoms with E-state index in [1.54, 1.807) is 18.0 Å². The zero-order valence-electron chi connectivity index (χ0n) is 8.52. The fraction of sp³-hybridized carbons (Fsp3) is 0.778. The summed E-state index contributed by atoms with van der Waals surface area (Å²) >= 11 is 1.64. The van der Waals surface area contributed by atoms with Gasteiger partial charge in [-0.05, 0) is 12.8 Å². The van der Waals surface area contributed by atoms with Gasteiger partial charge in [0.2, 0.25) is 0 Å². The lowest BCUT2D eigenvalue weighted by molar-refractivity contribution is 0.0226. The zero-order valence-corrected chi connectivity index (χ0v) is 9.33. The Morgan fingerprint density at radius 3 is 3.40 bits per heavy atom. The van der Waals surface area contributed by atoms with Gasteiger partial charge >= 0.3 is 0 Å². The van der Waals surface area contributed by atoms with Crippen molar-refractivity contribution in [2.45, 2.75) is 24.0 Å². The normalized spacial score (nSPS) is 20.9. The number of H-pyrrole nitrogens is 1. The van der Waals surface area contributed by atoms with Gasteiger partial charge in [-0.1, -0.05) is 0 Å². The number of hydrogen-bond acceptors (Lipinski definition) is 5. The molecule has 1 aromatic rings. The maximum Gasteiger partial charge on any atom is 0.138 e. The van der Waals surface area contributed by atoms with Crippen molar-refractivity contribution in [1.29, 1.82) is 0 Å². The Balaban J connectivity index is 1.48. The molecule has 1 N–H and O–H groups in total. The van der Waals surface area contributed by atoms with Gasteiger partial charge in [-0.3, -0.25) is 0 Å². The summed E-state index contributed by atoms with van der Waals surface area (Å²) in [6.45, 7) is 2.35. The summed E-state index contributed by atoms with van der Waals surface area (Å²) in [6, 6.07) is 0. The lowest BCUT2D eigenvalue weighted by Crippen LogP contribution is -2.15. The van der Waals surface area contributed by atoms with E-state index in [2.05, 4.69) is 15.4 Å². The second-order valence-electron chi connectivity index (χ2n) is 3.37. The molecule has 0 aliphatic carbocycles. The quantitative estimate of drug-likeness (QED) is 0.584. The molecule has 2 heterocycles. The average molecular weight is 229 g/mol. The molecule has 1 aliphatic rings. The minimum atomic E-state index is 0.321. The van der Waals surface area contributed by atoms with Crippen LogP contribution in [0.4, 0.5) is 0 Å². The summed E-state index contributed by atoms with van der Waals surface area (Å²) in [5, 5.41) is 11.2. The highest BCUT2D eigenvalue weighted by Crippen LogP contribution is 2.14. The number of ether oxygens (including phenoxy) is 2. The minimum Gasteiger partial charge on any atom is -0.378 e. The summed E-state index contributed by atoms with van der Waals surface area (Å²) in [4.78, 5) is 0. The molecule has 5 nitrogen and oxygen atoms in total. The third-order valence-electron chi connectivity index (χ3n) is 2.20. The third-order valence-corrected chi connectivity index (χ3v) is 3.06. The molecule has 1 aromatic heterocycles. The Hall–Kier alpha value is -0.590. The van der Waals surface area contributed by atoms with Crippen LogP contribution in [-0.2, 0) is 9.47 Å². The molecule has 84 valence electrons. The van der Waals surface area contributed by atoms with E-state index < -0.39 is 0 Å². The van der Waals surface area contributed by atoms with Crippen LogP contribution in [0.15, 0.2) is 11.2 Å². The van der Waals surface area contributed by atoms with Crippen molar-refractivity contribution >= 4 is 11.8 Å². The number of nitrogens with zero attached hydrogens (tertiary/aromatic N) is 2. The predicted octanol–water partition coefficient (Wildman–Crippen LogP) is 1.09. The highest BCUT2D eigenvalue weighted by Gasteiger charge is 2.14. The number of rotatable bonds is 6. The molecule has 0 amide bonds. The second kappa shape index (κ2) is 6.09. The fourth-order valence-corrected chi connectivity index (χ4v) is 2.10. The number of hydrogen-bond donors (Lipinski definition) is 1. The van der Waals surface area contributed by atoms with E-state index in [4.69, 9.17) is 9.47 Å². The largest absolute Gasteiger partial charge is 0.378 e. The maximum atomic E-state index is 5.51. The number of thioether (sulfide) groups is 1. The monoisotopic (exact) mass is 229 g/mol. The summed E-state index contributed by atoms with van der Waals surface area (Å²) in [7, 11) is 0. The first kappa shape index (κ1) is 10.9. The smallest absolute Gasteiger partial charge is 0.138 e. The van der Waals surface area contributed by atoms with Crippen LogP contribution in [0.3, 0.4) is 0 Å². The Morgan fingerprint density at radius 1 is 1.67 bits per heavy atom. The molecule has 2 rings (SSSR count). The Morgan fingerprint density at radius 2 is 2.67 bits per heavy atom. The van der Waals surface area contributed by atoms with Crippen LogP contribution in [0.2, 0.25) is 0 Å². The molecule has 0 unspecified atom stereocenters. The van der Waals surface area contributed by atoms with Crippen molar-refractivity contribution in [3.63, 3.8) is 0 Å².